The molecule has 0 saturated carbocycles. The molecule has 0 aliphatic heterocycles. The molecule has 0 spiro atoms. The van der Waals surface area contributed by atoms with Crippen LogP contribution in [-0.2, 0) is 14.3 Å². The maximum absolute atomic E-state index is 11.6. The summed E-state index contributed by atoms with van der Waals surface area (Å²) in [6.45, 7) is -1.88. The molecule has 18 heavy (non-hydrogen) atoms. The minimum atomic E-state index is -4.43. The number of rotatable bonds is 8. The van der Waals surface area contributed by atoms with Gasteiger partial charge in [-0.3, -0.25) is 4.79 Å². The van der Waals surface area contributed by atoms with Crippen LogP contribution in [0.1, 0.15) is 12.8 Å². The van der Waals surface area contributed by atoms with Crippen molar-refractivity contribution in [2.75, 3.05) is 19.8 Å². The number of ether oxygens (including phenoxy) is 1. The molecule has 0 aliphatic carbocycles. The number of hydrogen-bond donors (Lipinski definition) is 3. The maximum atomic E-state index is 11.6. The topological polar surface area (TPSA) is 95.9 Å². The van der Waals surface area contributed by atoms with Gasteiger partial charge in [0.2, 0.25) is 5.91 Å². The van der Waals surface area contributed by atoms with Crippen molar-refractivity contribution in [1.29, 1.82) is 0 Å². The van der Waals surface area contributed by atoms with Crippen LogP contribution in [-0.4, -0.2) is 54.1 Å². The molecule has 0 aromatic carbocycles. The first kappa shape index (κ1) is 16.6. The Kier molecular flexibility index (Phi) is 7.29. The highest BCUT2D eigenvalue weighted by molar-refractivity contribution is 5.76. The lowest BCUT2D eigenvalue weighted by Gasteiger charge is -2.09. The van der Waals surface area contributed by atoms with Crippen molar-refractivity contribution in [3.8, 4) is 0 Å². The predicted octanol–water partition coefficient (Wildman–Crippen LogP) is -0.0928. The predicted molar refractivity (Wildman–Crippen MR) is 52.8 cm³/mol. The van der Waals surface area contributed by atoms with Gasteiger partial charge in [-0.25, -0.2) is 4.79 Å². The van der Waals surface area contributed by atoms with Gasteiger partial charge in [-0.2, -0.15) is 13.2 Å². The molecule has 9 heteroatoms. The highest BCUT2D eigenvalue weighted by Gasteiger charge is 2.27. The molecule has 0 aromatic heterocycles. The Hall–Kier alpha value is -1.35. The summed E-state index contributed by atoms with van der Waals surface area (Å²) in [6.07, 6.45) is -6.45. The van der Waals surface area contributed by atoms with Crippen molar-refractivity contribution < 1.29 is 37.7 Å². The molecule has 0 saturated heterocycles. The number of carbonyl (C=O) groups is 2. The number of hydrogen-bond acceptors (Lipinski definition) is 4. The third-order valence-corrected chi connectivity index (χ3v) is 1.76. The maximum Gasteiger partial charge on any atom is 0.411 e. The minimum Gasteiger partial charge on any atom is -0.479 e. The fourth-order valence-corrected chi connectivity index (χ4v) is 0.913. The average Bonchev–Trinajstić information content (AvgIpc) is 2.22. The molecule has 0 aromatic rings. The average molecular weight is 273 g/mol. The van der Waals surface area contributed by atoms with Crippen molar-refractivity contribution in [2.45, 2.75) is 25.1 Å². The number of aliphatic hydroxyl groups is 1. The van der Waals surface area contributed by atoms with Crippen molar-refractivity contribution in [3.63, 3.8) is 0 Å². The first-order valence-electron chi connectivity index (χ1n) is 5.04. The van der Waals surface area contributed by atoms with Gasteiger partial charge in [0.05, 0.1) is 6.61 Å². The van der Waals surface area contributed by atoms with E-state index in [1.807, 2.05) is 0 Å². The summed E-state index contributed by atoms with van der Waals surface area (Å²) in [5, 5.41) is 19.4. The second kappa shape index (κ2) is 7.88. The number of amides is 1. The zero-order chi connectivity index (χ0) is 14.2. The van der Waals surface area contributed by atoms with Gasteiger partial charge in [-0.05, 0) is 0 Å². The van der Waals surface area contributed by atoms with Gasteiger partial charge in [0.15, 0.2) is 6.10 Å². The summed E-state index contributed by atoms with van der Waals surface area (Å²) in [6, 6.07) is 0. The quantitative estimate of drug-likeness (QED) is 0.537. The molecule has 0 radical (unpaired) electrons. The number of aliphatic carboxylic acids is 1. The molecule has 0 bridgehead atoms. The minimum absolute atomic E-state index is 0.0778. The molecule has 1 amide bonds. The van der Waals surface area contributed by atoms with Gasteiger partial charge >= 0.3 is 12.1 Å². The van der Waals surface area contributed by atoms with E-state index in [9.17, 15) is 22.8 Å². The van der Waals surface area contributed by atoms with Crippen LogP contribution >= 0.6 is 0 Å². The smallest absolute Gasteiger partial charge is 0.411 e. The summed E-state index contributed by atoms with van der Waals surface area (Å²) in [7, 11) is 0. The first-order valence-corrected chi connectivity index (χ1v) is 5.04. The first-order chi connectivity index (χ1) is 8.22. The van der Waals surface area contributed by atoms with Crippen molar-refractivity contribution in [1.82, 2.24) is 5.32 Å². The lowest BCUT2D eigenvalue weighted by molar-refractivity contribution is -0.174. The lowest BCUT2D eigenvalue weighted by Crippen LogP contribution is -2.30. The van der Waals surface area contributed by atoms with Gasteiger partial charge in [-0.15, -0.1) is 0 Å². The van der Waals surface area contributed by atoms with Crippen LogP contribution in [0, 0.1) is 0 Å². The monoisotopic (exact) mass is 273 g/mol. The number of alkyl halides is 3. The molecule has 0 rings (SSSR count). The highest BCUT2D eigenvalue weighted by Crippen LogP contribution is 2.14. The second-order valence-corrected chi connectivity index (χ2v) is 3.41. The molecule has 6 nitrogen and oxygen atoms in total. The van der Waals surface area contributed by atoms with E-state index in [4.69, 9.17) is 10.2 Å². The Morgan fingerprint density at radius 1 is 1.33 bits per heavy atom. The van der Waals surface area contributed by atoms with Crippen LogP contribution in [0.5, 0.6) is 0 Å². The van der Waals surface area contributed by atoms with E-state index in [0.717, 1.165) is 0 Å². The van der Waals surface area contributed by atoms with Gasteiger partial charge in [0.1, 0.15) is 6.61 Å². The largest absolute Gasteiger partial charge is 0.479 e. The summed E-state index contributed by atoms with van der Waals surface area (Å²) in [5.74, 6) is -1.98. The molecular formula is C9H14F3NO5. The number of nitrogens with one attached hydrogen (secondary N) is 1. The zero-order valence-corrected chi connectivity index (χ0v) is 9.37. The van der Waals surface area contributed by atoms with Crippen LogP contribution in [0.2, 0.25) is 0 Å². The number of carboxylic acid groups (broad SMARTS) is 1. The Labute approximate surface area is 101 Å². The molecule has 1 atom stereocenters. The zero-order valence-electron chi connectivity index (χ0n) is 9.37. The van der Waals surface area contributed by atoms with Crippen LogP contribution in [0.4, 0.5) is 13.2 Å². The van der Waals surface area contributed by atoms with Crippen molar-refractivity contribution in [2.24, 2.45) is 0 Å². The Morgan fingerprint density at radius 2 is 1.94 bits per heavy atom. The van der Waals surface area contributed by atoms with E-state index in [-0.39, 0.29) is 26.0 Å². The number of aliphatic hydroxyl groups excluding tert-OH is 1. The van der Waals surface area contributed by atoms with Gasteiger partial charge in [0, 0.05) is 19.4 Å². The van der Waals surface area contributed by atoms with Crippen LogP contribution in [0.15, 0.2) is 0 Å². The molecule has 0 heterocycles. The number of halogens is 3. The molecule has 0 fully saturated rings. The summed E-state index contributed by atoms with van der Waals surface area (Å²) < 4.78 is 39.1. The van der Waals surface area contributed by atoms with Gasteiger partial charge < -0.3 is 20.3 Å². The van der Waals surface area contributed by atoms with Gasteiger partial charge in [0.25, 0.3) is 0 Å². The van der Waals surface area contributed by atoms with E-state index in [0.29, 0.717) is 0 Å². The summed E-state index contributed by atoms with van der Waals surface area (Å²) >= 11 is 0. The Balaban J connectivity index is 3.52. The fourth-order valence-electron chi connectivity index (χ4n) is 0.913. The third-order valence-electron chi connectivity index (χ3n) is 1.76. The summed E-state index contributed by atoms with van der Waals surface area (Å²) in [4.78, 5) is 21.2. The molecule has 106 valence electrons. The lowest BCUT2D eigenvalue weighted by atomic mass is 10.2. The Morgan fingerprint density at radius 3 is 2.44 bits per heavy atom. The second-order valence-electron chi connectivity index (χ2n) is 3.41. The van der Waals surface area contributed by atoms with Crippen LogP contribution in [0.25, 0.3) is 0 Å². The standard InChI is InChI=1S/C9H14F3NO5/c10-9(11,12)5-18-4-2-7(15)13-3-1-6(14)8(16)17/h6,14H,1-5H2,(H,13,15)(H,16,17). The number of carboxylic acids is 1. The van der Waals surface area contributed by atoms with Gasteiger partial charge in [-0.1, -0.05) is 0 Å². The van der Waals surface area contributed by atoms with Crippen LogP contribution < -0.4 is 5.32 Å². The van der Waals surface area contributed by atoms with Crippen molar-refractivity contribution >= 4 is 11.9 Å². The fraction of sp³-hybridized carbons (Fsp3) is 0.778. The Bertz CT molecular complexity index is 282. The van der Waals surface area contributed by atoms with E-state index >= 15 is 0 Å². The van der Waals surface area contributed by atoms with E-state index in [1.165, 1.54) is 0 Å². The molecule has 1 unspecified atom stereocenters. The normalized spacial score (nSPS) is 13.1. The van der Waals surface area contributed by atoms with Crippen LogP contribution in [0.3, 0.4) is 0 Å². The molecule has 3 N–H and O–H groups in total. The highest BCUT2D eigenvalue weighted by atomic mass is 19.4. The van der Waals surface area contributed by atoms with E-state index in [2.05, 4.69) is 10.1 Å². The molecule has 0 aliphatic rings. The SMILES string of the molecule is O=C(CCOCC(F)(F)F)NCCC(O)C(=O)O. The van der Waals surface area contributed by atoms with E-state index in [1.54, 1.807) is 0 Å². The van der Waals surface area contributed by atoms with E-state index < -0.39 is 30.8 Å². The number of carbonyl (C=O) groups excluding carboxylic acids is 1. The molecular weight excluding hydrogens is 259 g/mol. The summed E-state index contributed by atoms with van der Waals surface area (Å²) in [5.41, 5.74) is 0. The van der Waals surface area contributed by atoms with Crippen molar-refractivity contribution in [3.05, 3.63) is 0 Å². The third kappa shape index (κ3) is 9.85.